The normalized spacial score (nSPS) is 15.1. The molecule has 0 aliphatic carbocycles. The van der Waals surface area contributed by atoms with Crippen molar-refractivity contribution >= 4 is 17.4 Å². The molecule has 1 heterocycles. The van der Waals surface area contributed by atoms with Crippen molar-refractivity contribution in [3.8, 4) is 5.75 Å². The molecule has 98 valence electrons. The minimum absolute atomic E-state index is 0.0503. The highest BCUT2D eigenvalue weighted by atomic mass is 35.5. The molecule has 3 nitrogen and oxygen atoms in total. The van der Waals surface area contributed by atoms with Crippen LogP contribution < -0.4 is 4.74 Å². The zero-order valence-corrected chi connectivity index (χ0v) is 11.4. The second-order valence-corrected chi connectivity index (χ2v) is 5.05. The van der Waals surface area contributed by atoms with Gasteiger partial charge in [0, 0.05) is 37.0 Å². The Kier molecular flexibility index (Phi) is 4.25. The van der Waals surface area contributed by atoms with Gasteiger partial charge in [-0.2, -0.15) is 0 Å². The Morgan fingerprint density at radius 3 is 3.06 bits per heavy atom. The van der Waals surface area contributed by atoms with Gasteiger partial charge in [0.1, 0.15) is 11.5 Å². The highest BCUT2D eigenvalue weighted by molar-refractivity contribution is 6.30. The SMILES string of the molecule is COC(C)CC(=O)Cc1cc(Cl)cc2c1OCC2. The molecular weight excluding hydrogens is 252 g/mol. The number of hydrogen-bond donors (Lipinski definition) is 0. The summed E-state index contributed by atoms with van der Waals surface area (Å²) in [5, 5.41) is 0.668. The summed E-state index contributed by atoms with van der Waals surface area (Å²) in [5.74, 6) is 0.988. The molecule has 18 heavy (non-hydrogen) atoms. The van der Waals surface area contributed by atoms with Crippen LogP contribution in [0.4, 0.5) is 0 Å². The fraction of sp³-hybridized carbons (Fsp3) is 0.500. The first-order valence-corrected chi connectivity index (χ1v) is 6.46. The first-order chi connectivity index (χ1) is 8.60. The van der Waals surface area contributed by atoms with Gasteiger partial charge in [-0.15, -0.1) is 0 Å². The van der Waals surface area contributed by atoms with Crippen molar-refractivity contribution < 1.29 is 14.3 Å². The number of halogens is 1. The Bertz CT molecular complexity index is 457. The van der Waals surface area contributed by atoms with Crippen LogP contribution in [0.2, 0.25) is 5.02 Å². The van der Waals surface area contributed by atoms with Crippen LogP contribution in [0.3, 0.4) is 0 Å². The minimum Gasteiger partial charge on any atom is -0.493 e. The maximum absolute atomic E-state index is 11.9. The average molecular weight is 269 g/mol. The number of methoxy groups -OCH3 is 1. The number of hydrogen-bond acceptors (Lipinski definition) is 3. The van der Waals surface area contributed by atoms with Crippen molar-refractivity contribution in [2.75, 3.05) is 13.7 Å². The number of carbonyl (C=O) groups excluding carboxylic acids is 1. The molecule has 0 saturated carbocycles. The van der Waals surface area contributed by atoms with Crippen LogP contribution in [0.5, 0.6) is 5.75 Å². The molecule has 0 bridgehead atoms. The zero-order valence-electron chi connectivity index (χ0n) is 10.7. The highest BCUT2D eigenvalue weighted by Crippen LogP contribution is 2.33. The standard InChI is InChI=1S/C14H17ClO3/c1-9(17-2)5-13(16)8-11-7-12(15)6-10-3-4-18-14(10)11/h6-7,9H,3-5,8H2,1-2H3. The summed E-state index contributed by atoms with van der Waals surface area (Å²) in [7, 11) is 1.61. The fourth-order valence-electron chi connectivity index (χ4n) is 2.17. The third kappa shape index (κ3) is 3.03. The van der Waals surface area contributed by atoms with Crippen molar-refractivity contribution in [1.29, 1.82) is 0 Å². The van der Waals surface area contributed by atoms with Crippen LogP contribution in [0.1, 0.15) is 24.5 Å². The van der Waals surface area contributed by atoms with E-state index in [1.807, 2.05) is 19.1 Å². The Balaban J connectivity index is 2.12. The van der Waals surface area contributed by atoms with Crippen LogP contribution in [0.25, 0.3) is 0 Å². The summed E-state index contributed by atoms with van der Waals surface area (Å²) in [6, 6.07) is 3.73. The second-order valence-electron chi connectivity index (χ2n) is 4.62. The van der Waals surface area contributed by atoms with Gasteiger partial charge in [-0.3, -0.25) is 4.79 Å². The van der Waals surface area contributed by atoms with Crippen molar-refractivity contribution in [3.63, 3.8) is 0 Å². The molecule has 1 aromatic carbocycles. The van der Waals surface area contributed by atoms with Crippen LogP contribution in [-0.2, 0) is 22.4 Å². The quantitative estimate of drug-likeness (QED) is 0.824. The third-order valence-corrected chi connectivity index (χ3v) is 3.35. The zero-order chi connectivity index (χ0) is 13.1. The van der Waals surface area contributed by atoms with Gasteiger partial charge in [-0.1, -0.05) is 11.6 Å². The van der Waals surface area contributed by atoms with E-state index < -0.39 is 0 Å². The van der Waals surface area contributed by atoms with Gasteiger partial charge in [-0.25, -0.2) is 0 Å². The number of rotatable bonds is 5. The smallest absolute Gasteiger partial charge is 0.139 e. The van der Waals surface area contributed by atoms with E-state index in [2.05, 4.69) is 0 Å². The predicted molar refractivity (Wildman–Crippen MR) is 70.5 cm³/mol. The highest BCUT2D eigenvalue weighted by Gasteiger charge is 2.19. The molecule has 0 aromatic heterocycles. The number of ketones is 1. The largest absolute Gasteiger partial charge is 0.493 e. The van der Waals surface area contributed by atoms with E-state index in [0.717, 1.165) is 23.3 Å². The van der Waals surface area contributed by atoms with Gasteiger partial charge in [0.2, 0.25) is 0 Å². The van der Waals surface area contributed by atoms with Crippen LogP contribution in [0.15, 0.2) is 12.1 Å². The fourth-order valence-corrected chi connectivity index (χ4v) is 2.43. The Labute approximate surface area is 112 Å². The summed E-state index contributed by atoms with van der Waals surface area (Å²) >= 11 is 6.05. The Morgan fingerprint density at radius 1 is 1.56 bits per heavy atom. The van der Waals surface area contributed by atoms with Gasteiger partial charge in [0.25, 0.3) is 0 Å². The number of fused-ring (bicyclic) bond motifs is 1. The third-order valence-electron chi connectivity index (χ3n) is 3.13. The predicted octanol–water partition coefficient (Wildman–Crippen LogP) is 2.81. The molecule has 0 fully saturated rings. The molecule has 1 aromatic rings. The van der Waals surface area contributed by atoms with Crippen molar-refractivity contribution in [2.45, 2.75) is 32.3 Å². The van der Waals surface area contributed by atoms with E-state index in [1.54, 1.807) is 7.11 Å². The van der Waals surface area contributed by atoms with Crippen LogP contribution in [-0.4, -0.2) is 25.6 Å². The molecule has 1 unspecified atom stereocenters. The molecule has 2 rings (SSSR count). The van der Waals surface area contributed by atoms with Gasteiger partial charge >= 0.3 is 0 Å². The second kappa shape index (κ2) is 5.72. The average Bonchev–Trinajstić information content (AvgIpc) is 2.76. The molecule has 0 radical (unpaired) electrons. The van der Waals surface area contributed by atoms with E-state index in [0.29, 0.717) is 24.5 Å². The molecule has 0 saturated heterocycles. The number of ether oxygens (including phenoxy) is 2. The summed E-state index contributed by atoms with van der Waals surface area (Å²) in [6.07, 6.45) is 1.59. The first-order valence-electron chi connectivity index (χ1n) is 6.08. The topological polar surface area (TPSA) is 35.5 Å². The van der Waals surface area contributed by atoms with Gasteiger partial charge in [-0.05, 0) is 24.6 Å². The van der Waals surface area contributed by atoms with Gasteiger partial charge in [0.15, 0.2) is 0 Å². The summed E-state index contributed by atoms with van der Waals surface area (Å²) < 4.78 is 10.7. The molecule has 1 aliphatic rings. The lowest BCUT2D eigenvalue weighted by Gasteiger charge is -2.11. The van der Waals surface area contributed by atoms with Crippen molar-refractivity contribution in [1.82, 2.24) is 0 Å². The summed E-state index contributed by atoms with van der Waals surface area (Å²) in [6.45, 7) is 2.56. The number of carbonyl (C=O) groups is 1. The van der Waals surface area contributed by atoms with Crippen LogP contribution >= 0.6 is 11.6 Å². The van der Waals surface area contributed by atoms with E-state index in [-0.39, 0.29) is 11.9 Å². The molecule has 0 amide bonds. The van der Waals surface area contributed by atoms with Gasteiger partial charge in [0.05, 0.1) is 12.7 Å². The van der Waals surface area contributed by atoms with Crippen LogP contribution in [0, 0.1) is 0 Å². The summed E-state index contributed by atoms with van der Waals surface area (Å²) in [5.41, 5.74) is 1.99. The van der Waals surface area contributed by atoms with E-state index in [9.17, 15) is 4.79 Å². The lowest BCUT2D eigenvalue weighted by atomic mass is 10.0. The van der Waals surface area contributed by atoms with E-state index in [1.165, 1.54) is 0 Å². The molecule has 4 heteroatoms. The van der Waals surface area contributed by atoms with E-state index >= 15 is 0 Å². The minimum atomic E-state index is -0.0503. The molecule has 0 N–H and O–H groups in total. The molecule has 1 atom stereocenters. The first kappa shape index (κ1) is 13.4. The Morgan fingerprint density at radius 2 is 2.33 bits per heavy atom. The van der Waals surface area contributed by atoms with E-state index in [4.69, 9.17) is 21.1 Å². The maximum atomic E-state index is 11.9. The van der Waals surface area contributed by atoms with Gasteiger partial charge < -0.3 is 9.47 Å². The maximum Gasteiger partial charge on any atom is 0.139 e. The monoisotopic (exact) mass is 268 g/mol. The number of Topliss-reactive ketones (excluding diaryl/α,β-unsaturated/α-hetero) is 1. The lowest BCUT2D eigenvalue weighted by Crippen LogP contribution is -2.14. The lowest BCUT2D eigenvalue weighted by molar-refractivity contribution is -0.120. The number of benzene rings is 1. The van der Waals surface area contributed by atoms with Crippen molar-refractivity contribution in [2.24, 2.45) is 0 Å². The summed E-state index contributed by atoms with van der Waals surface area (Å²) in [4.78, 5) is 11.9. The molecule has 1 aliphatic heterocycles. The Hall–Kier alpha value is -1.06. The van der Waals surface area contributed by atoms with Crippen molar-refractivity contribution in [3.05, 3.63) is 28.3 Å². The molecule has 0 spiro atoms. The molecular formula is C14H17ClO3.